The number of oxazole rings is 1. The number of carboxylic acids is 1. The first-order valence-electron chi connectivity index (χ1n) is 5.96. The molecule has 0 saturated heterocycles. The molecule has 0 fully saturated rings. The Morgan fingerprint density at radius 2 is 2.20 bits per heavy atom. The number of nitrogens with zero attached hydrogens (tertiary/aromatic N) is 1. The normalized spacial score (nSPS) is 12.4. The van der Waals surface area contributed by atoms with Gasteiger partial charge in [0.05, 0.1) is 5.69 Å². The molecule has 2 heterocycles. The fourth-order valence-corrected chi connectivity index (χ4v) is 1.88. The van der Waals surface area contributed by atoms with Crippen LogP contribution in [0, 0.1) is 6.92 Å². The summed E-state index contributed by atoms with van der Waals surface area (Å²) in [5.41, 5.74) is 1.27. The molecule has 0 atom stereocenters. The molecule has 1 aliphatic rings. The van der Waals surface area contributed by atoms with Crippen molar-refractivity contribution in [2.45, 2.75) is 13.3 Å². The fraction of sp³-hybridized carbons (Fsp3) is 0.231. The lowest BCUT2D eigenvalue weighted by Crippen LogP contribution is -1.99. The largest absolute Gasteiger partial charge is 0.481 e. The van der Waals surface area contributed by atoms with E-state index in [-0.39, 0.29) is 19.2 Å². The predicted octanol–water partition coefficient (Wildman–Crippen LogP) is 2.08. The van der Waals surface area contributed by atoms with E-state index in [1.807, 2.05) is 0 Å². The summed E-state index contributed by atoms with van der Waals surface area (Å²) in [7, 11) is 0. The highest BCUT2D eigenvalue weighted by Gasteiger charge is 2.16. The number of benzene rings is 1. The van der Waals surface area contributed by atoms with Crippen molar-refractivity contribution in [3.8, 4) is 11.5 Å². The zero-order valence-corrected chi connectivity index (χ0v) is 10.7. The summed E-state index contributed by atoms with van der Waals surface area (Å²) in [6.07, 6.45) is -0.193. The molecule has 3 rings (SSSR count). The van der Waals surface area contributed by atoms with Crippen molar-refractivity contribution >= 4 is 17.7 Å². The number of rotatable bonds is 4. The van der Waals surface area contributed by atoms with Gasteiger partial charge in [0.25, 0.3) is 6.01 Å². The molecule has 0 bridgehead atoms. The highest BCUT2D eigenvalue weighted by atomic mass is 16.7. The van der Waals surface area contributed by atoms with Crippen LogP contribution in [-0.4, -0.2) is 22.9 Å². The Bertz CT molecular complexity index is 665. The van der Waals surface area contributed by atoms with Crippen molar-refractivity contribution in [1.82, 2.24) is 4.98 Å². The average Bonchev–Trinajstić information content (AvgIpc) is 2.96. The predicted molar refractivity (Wildman–Crippen MR) is 68.4 cm³/mol. The van der Waals surface area contributed by atoms with Gasteiger partial charge >= 0.3 is 5.97 Å². The van der Waals surface area contributed by atoms with Gasteiger partial charge in [-0.05, 0) is 19.1 Å². The number of carbonyl (C=O) groups is 1. The number of hydrogen-bond acceptors (Lipinski definition) is 6. The number of anilines is 2. The molecule has 0 radical (unpaired) electrons. The quantitative estimate of drug-likeness (QED) is 0.882. The number of aliphatic carboxylic acids is 1. The first kappa shape index (κ1) is 12.3. The molecular formula is C13H12N2O5. The molecule has 1 aromatic heterocycles. The van der Waals surface area contributed by atoms with Crippen molar-refractivity contribution in [2.75, 3.05) is 12.1 Å². The van der Waals surface area contributed by atoms with E-state index in [4.69, 9.17) is 19.0 Å². The summed E-state index contributed by atoms with van der Waals surface area (Å²) in [5.74, 6) is 0.703. The van der Waals surface area contributed by atoms with E-state index in [1.165, 1.54) is 0 Å². The van der Waals surface area contributed by atoms with Crippen LogP contribution >= 0.6 is 0 Å². The third-order valence-electron chi connectivity index (χ3n) is 2.83. The van der Waals surface area contributed by atoms with Gasteiger partial charge in [-0.3, -0.25) is 4.79 Å². The van der Waals surface area contributed by atoms with Crippen molar-refractivity contribution in [1.29, 1.82) is 0 Å². The van der Waals surface area contributed by atoms with Gasteiger partial charge in [0.1, 0.15) is 12.2 Å². The molecule has 1 aliphatic heterocycles. The first-order valence-corrected chi connectivity index (χ1v) is 5.96. The monoisotopic (exact) mass is 276 g/mol. The van der Waals surface area contributed by atoms with Crippen LogP contribution in [0.4, 0.5) is 11.7 Å². The summed E-state index contributed by atoms with van der Waals surface area (Å²) in [6, 6.07) is 5.58. The molecule has 20 heavy (non-hydrogen) atoms. The topological polar surface area (TPSA) is 93.8 Å². The van der Waals surface area contributed by atoms with Crippen LogP contribution in [0.3, 0.4) is 0 Å². The molecule has 2 N–H and O–H groups in total. The average molecular weight is 276 g/mol. The Morgan fingerprint density at radius 3 is 3.00 bits per heavy atom. The lowest BCUT2D eigenvalue weighted by atomic mass is 10.3. The van der Waals surface area contributed by atoms with E-state index in [2.05, 4.69) is 10.3 Å². The third kappa shape index (κ3) is 2.37. The van der Waals surface area contributed by atoms with Gasteiger partial charge in [0, 0.05) is 11.8 Å². The Kier molecular flexibility index (Phi) is 2.94. The lowest BCUT2D eigenvalue weighted by molar-refractivity contribution is -0.136. The van der Waals surface area contributed by atoms with Gasteiger partial charge in [-0.25, -0.2) is 0 Å². The summed E-state index contributed by atoms with van der Waals surface area (Å²) < 4.78 is 15.9. The van der Waals surface area contributed by atoms with Crippen LogP contribution in [0.15, 0.2) is 22.6 Å². The minimum Gasteiger partial charge on any atom is -0.481 e. The van der Waals surface area contributed by atoms with Gasteiger partial charge in [-0.1, -0.05) is 0 Å². The van der Waals surface area contributed by atoms with Crippen LogP contribution in [0.5, 0.6) is 11.5 Å². The SMILES string of the molecule is Cc1nc(Nc2ccc3c(c2)OCO3)oc1CC(=O)O. The zero-order chi connectivity index (χ0) is 14.1. The van der Waals surface area contributed by atoms with Crippen LogP contribution < -0.4 is 14.8 Å². The molecule has 0 unspecified atom stereocenters. The van der Waals surface area contributed by atoms with Crippen LogP contribution in [0.25, 0.3) is 0 Å². The Morgan fingerprint density at radius 1 is 1.40 bits per heavy atom. The van der Waals surface area contributed by atoms with Crippen LogP contribution in [0.1, 0.15) is 11.5 Å². The molecule has 0 amide bonds. The van der Waals surface area contributed by atoms with Crippen molar-refractivity contribution in [3.63, 3.8) is 0 Å². The third-order valence-corrected chi connectivity index (χ3v) is 2.83. The van der Waals surface area contributed by atoms with E-state index >= 15 is 0 Å². The van der Waals surface area contributed by atoms with E-state index in [1.54, 1.807) is 25.1 Å². The van der Waals surface area contributed by atoms with E-state index < -0.39 is 5.97 Å². The minimum absolute atomic E-state index is 0.193. The van der Waals surface area contributed by atoms with Crippen molar-refractivity contribution in [3.05, 3.63) is 29.7 Å². The Labute approximate surface area is 114 Å². The molecule has 0 saturated carbocycles. The number of nitrogens with one attached hydrogen (secondary N) is 1. The van der Waals surface area contributed by atoms with Gasteiger partial charge in [-0.15, -0.1) is 0 Å². The second-order valence-electron chi connectivity index (χ2n) is 4.29. The van der Waals surface area contributed by atoms with E-state index in [0.29, 0.717) is 23.0 Å². The lowest BCUT2D eigenvalue weighted by Gasteiger charge is -2.02. The first-order chi connectivity index (χ1) is 9.61. The smallest absolute Gasteiger partial charge is 0.311 e. The fourth-order valence-electron chi connectivity index (χ4n) is 1.88. The van der Waals surface area contributed by atoms with Crippen molar-refractivity contribution < 1.29 is 23.8 Å². The number of hydrogen-bond donors (Lipinski definition) is 2. The maximum Gasteiger partial charge on any atom is 0.311 e. The summed E-state index contributed by atoms with van der Waals surface area (Å²) >= 11 is 0. The van der Waals surface area contributed by atoms with E-state index in [0.717, 1.165) is 5.69 Å². The highest BCUT2D eigenvalue weighted by Crippen LogP contribution is 2.35. The van der Waals surface area contributed by atoms with Crippen LogP contribution in [-0.2, 0) is 11.2 Å². The number of aromatic nitrogens is 1. The second-order valence-corrected chi connectivity index (χ2v) is 4.29. The number of ether oxygens (including phenoxy) is 2. The molecular weight excluding hydrogens is 264 g/mol. The van der Waals surface area contributed by atoms with Gasteiger partial charge in [0.15, 0.2) is 11.5 Å². The van der Waals surface area contributed by atoms with Gasteiger partial charge in [-0.2, -0.15) is 4.98 Å². The number of aryl methyl sites for hydroxylation is 1. The summed E-state index contributed by atoms with van der Waals surface area (Å²) in [4.78, 5) is 14.8. The number of fused-ring (bicyclic) bond motifs is 1. The van der Waals surface area contributed by atoms with Crippen molar-refractivity contribution in [2.24, 2.45) is 0 Å². The van der Waals surface area contributed by atoms with E-state index in [9.17, 15) is 4.79 Å². The summed E-state index contributed by atoms with van der Waals surface area (Å²) in [5, 5.41) is 11.7. The van der Waals surface area contributed by atoms with Gasteiger partial charge < -0.3 is 24.3 Å². The maximum atomic E-state index is 10.7. The zero-order valence-electron chi connectivity index (χ0n) is 10.7. The molecule has 1 aromatic carbocycles. The van der Waals surface area contributed by atoms with Gasteiger partial charge in [0.2, 0.25) is 6.79 Å². The number of carboxylic acid groups (broad SMARTS) is 1. The second kappa shape index (κ2) is 4.76. The molecule has 104 valence electrons. The Balaban J connectivity index is 1.79. The Hall–Kier alpha value is -2.70. The molecule has 7 nitrogen and oxygen atoms in total. The standard InChI is InChI=1S/C13H12N2O5/c1-7-10(5-12(16)17)20-13(14-7)15-8-2-3-9-11(4-8)19-6-18-9/h2-4H,5-6H2,1H3,(H,14,15)(H,16,17). The molecule has 0 aliphatic carbocycles. The van der Waals surface area contributed by atoms with Crippen LogP contribution in [0.2, 0.25) is 0 Å². The molecule has 0 spiro atoms. The molecule has 7 heteroatoms. The minimum atomic E-state index is -0.959. The molecule has 2 aromatic rings. The highest BCUT2D eigenvalue weighted by molar-refractivity contribution is 5.69. The summed E-state index contributed by atoms with van der Waals surface area (Å²) in [6.45, 7) is 1.91. The maximum absolute atomic E-state index is 10.7.